The molecule has 0 aliphatic rings. The van der Waals surface area contributed by atoms with Crippen molar-refractivity contribution < 1.29 is 27.5 Å². The third kappa shape index (κ3) is 4.62. The highest BCUT2D eigenvalue weighted by molar-refractivity contribution is 5.75. The minimum atomic E-state index is -4.92. The SMILES string of the molecule is [N-]=[N+]=NCCNC(C(=O)O)c1ccc(F)c(C(F)(F)F)c1. The van der Waals surface area contributed by atoms with E-state index in [-0.39, 0.29) is 18.7 Å². The van der Waals surface area contributed by atoms with E-state index in [1.165, 1.54) is 0 Å². The van der Waals surface area contributed by atoms with Gasteiger partial charge in [0.25, 0.3) is 0 Å². The van der Waals surface area contributed by atoms with Gasteiger partial charge in [-0.3, -0.25) is 4.79 Å². The molecule has 1 unspecified atom stereocenters. The highest BCUT2D eigenvalue weighted by Crippen LogP contribution is 2.33. The van der Waals surface area contributed by atoms with Gasteiger partial charge >= 0.3 is 12.1 Å². The van der Waals surface area contributed by atoms with Gasteiger partial charge in [0.15, 0.2) is 0 Å². The number of nitrogens with zero attached hydrogens (tertiary/aromatic N) is 3. The molecule has 6 nitrogen and oxygen atoms in total. The zero-order valence-corrected chi connectivity index (χ0v) is 10.4. The maximum atomic E-state index is 13.1. The molecule has 10 heteroatoms. The number of azide groups is 1. The topological polar surface area (TPSA) is 98.1 Å². The molecule has 1 aromatic carbocycles. The molecule has 2 N–H and O–H groups in total. The van der Waals surface area contributed by atoms with Gasteiger partial charge in [-0.05, 0) is 23.2 Å². The molecule has 0 saturated carbocycles. The van der Waals surface area contributed by atoms with Gasteiger partial charge in [0.1, 0.15) is 11.9 Å². The molecule has 0 bridgehead atoms. The Morgan fingerprint density at radius 2 is 2.14 bits per heavy atom. The van der Waals surface area contributed by atoms with Crippen LogP contribution in [-0.4, -0.2) is 24.2 Å². The lowest BCUT2D eigenvalue weighted by atomic mass is 10.0. The lowest BCUT2D eigenvalue weighted by molar-refractivity contribution is -0.141. The van der Waals surface area contributed by atoms with Crippen LogP contribution >= 0.6 is 0 Å². The van der Waals surface area contributed by atoms with Crippen LogP contribution in [-0.2, 0) is 11.0 Å². The molecule has 0 saturated heterocycles. The van der Waals surface area contributed by atoms with E-state index in [9.17, 15) is 22.4 Å². The summed E-state index contributed by atoms with van der Waals surface area (Å²) in [7, 11) is 0. The normalized spacial score (nSPS) is 12.6. The maximum Gasteiger partial charge on any atom is 0.419 e. The summed E-state index contributed by atoms with van der Waals surface area (Å²) in [6.07, 6.45) is -4.92. The number of nitrogens with one attached hydrogen (secondary N) is 1. The summed E-state index contributed by atoms with van der Waals surface area (Å²) in [5.74, 6) is -2.92. The number of benzene rings is 1. The number of halogens is 4. The van der Waals surface area contributed by atoms with Crippen LogP contribution in [0.4, 0.5) is 17.6 Å². The van der Waals surface area contributed by atoms with Crippen molar-refractivity contribution in [2.45, 2.75) is 12.2 Å². The lowest BCUT2D eigenvalue weighted by Crippen LogP contribution is -2.30. The quantitative estimate of drug-likeness (QED) is 0.278. The molecule has 0 radical (unpaired) electrons. The van der Waals surface area contributed by atoms with Crippen molar-refractivity contribution in [3.63, 3.8) is 0 Å². The summed E-state index contributed by atoms with van der Waals surface area (Å²) in [6, 6.07) is 0.475. The number of hydrogen-bond donors (Lipinski definition) is 2. The summed E-state index contributed by atoms with van der Waals surface area (Å²) in [5.41, 5.74) is 6.27. The minimum absolute atomic E-state index is 0.0558. The van der Waals surface area contributed by atoms with Gasteiger partial charge in [-0.2, -0.15) is 13.2 Å². The van der Waals surface area contributed by atoms with Crippen LogP contribution in [0.2, 0.25) is 0 Å². The van der Waals surface area contributed by atoms with Gasteiger partial charge in [0.2, 0.25) is 0 Å². The van der Waals surface area contributed by atoms with Crippen LogP contribution in [0.5, 0.6) is 0 Å². The Hall–Kier alpha value is -2.32. The third-order valence-corrected chi connectivity index (χ3v) is 2.50. The second-order valence-corrected chi connectivity index (χ2v) is 3.92. The number of rotatable bonds is 6. The zero-order chi connectivity index (χ0) is 16.0. The highest BCUT2D eigenvalue weighted by atomic mass is 19.4. The first-order valence-electron chi connectivity index (χ1n) is 5.61. The Morgan fingerprint density at radius 3 is 2.67 bits per heavy atom. The van der Waals surface area contributed by atoms with Crippen molar-refractivity contribution in [2.75, 3.05) is 13.1 Å². The van der Waals surface area contributed by atoms with E-state index in [1.54, 1.807) is 0 Å². The van der Waals surface area contributed by atoms with Gasteiger partial charge in [-0.1, -0.05) is 11.2 Å². The van der Waals surface area contributed by atoms with E-state index < -0.39 is 29.6 Å². The summed E-state index contributed by atoms with van der Waals surface area (Å²) >= 11 is 0. The molecule has 0 heterocycles. The second kappa shape index (κ2) is 6.91. The molecule has 0 aromatic heterocycles. The summed E-state index contributed by atoms with van der Waals surface area (Å²) in [6.45, 7) is -0.132. The van der Waals surface area contributed by atoms with E-state index in [0.717, 1.165) is 6.07 Å². The first-order valence-corrected chi connectivity index (χ1v) is 5.61. The van der Waals surface area contributed by atoms with Gasteiger partial charge in [-0.15, -0.1) is 0 Å². The molecule has 114 valence electrons. The number of aliphatic carboxylic acids is 1. The summed E-state index contributed by atoms with van der Waals surface area (Å²) in [4.78, 5) is 13.5. The fraction of sp³-hybridized carbons (Fsp3) is 0.364. The average molecular weight is 306 g/mol. The first-order chi connectivity index (χ1) is 9.77. The molecule has 0 aliphatic carbocycles. The molecule has 21 heavy (non-hydrogen) atoms. The largest absolute Gasteiger partial charge is 0.480 e. The smallest absolute Gasteiger partial charge is 0.419 e. The molecular formula is C11H10F4N4O2. The Labute approximate surface area is 116 Å². The summed E-state index contributed by atoms with van der Waals surface area (Å²) < 4.78 is 50.9. The van der Waals surface area contributed by atoms with Crippen LogP contribution < -0.4 is 5.32 Å². The van der Waals surface area contributed by atoms with Crippen molar-refractivity contribution in [1.29, 1.82) is 0 Å². The molecular weight excluding hydrogens is 296 g/mol. The number of carbonyl (C=O) groups is 1. The van der Waals surface area contributed by atoms with Crippen molar-refractivity contribution in [2.24, 2.45) is 5.11 Å². The first kappa shape index (κ1) is 16.7. The number of carboxylic acid groups (broad SMARTS) is 1. The van der Waals surface area contributed by atoms with Crippen molar-refractivity contribution in [3.05, 3.63) is 45.6 Å². The minimum Gasteiger partial charge on any atom is -0.480 e. The Kier molecular flexibility index (Phi) is 5.51. The monoisotopic (exact) mass is 306 g/mol. The Bertz CT molecular complexity index is 570. The maximum absolute atomic E-state index is 13.1. The third-order valence-electron chi connectivity index (χ3n) is 2.50. The second-order valence-electron chi connectivity index (χ2n) is 3.92. The fourth-order valence-electron chi connectivity index (χ4n) is 1.59. The zero-order valence-electron chi connectivity index (χ0n) is 10.4. The van der Waals surface area contributed by atoms with Crippen LogP contribution in [0.15, 0.2) is 23.3 Å². The van der Waals surface area contributed by atoms with E-state index >= 15 is 0 Å². The van der Waals surface area contributed by atoms with Crippen LogP contribution in [0.25, 0.3) is 10.4 Å². The average Bonchev–Trinajstić information content (AvgIpc) is 2.38. The lowest BCUT2D eigenvalue weighted by Gasteiger charge is -2.16. The van der Waals surface area contributed by atoms with Gasteiger partial charge in [0.05, 0.1) is 5.56 Å². The number of carboxylic acids is 1. The van der Waals surface area contributed by atoms with E-state index in [4.69, 9.17) is 10.6 Å². The van der Waals surface area contributed by atoms with Crippen LogP contribution in [0.3, 0.4) is 0 Å². The fourth-order valence-corrected chi connectivity index (χ4v) is 1.59. The molecule has 0 aliphatic heterocycles. The Balaban J connectivity index is 3.03. The predicted molar refractivity (Wildman–Crippen MR) is 63.8 cm³/mol. The van der Waals surface area contributed by atoms with Crippen LogP contribution in [0.1, 0.15) is 17.2 Å². The van der Waals surface area contributed by atoms with E-state index in [0.29, 0.717) is 12.1 Å². The van der Waals surface area contributed by atoms with Gasteiger partial charge in [-0.25, -0.2) is 4.39 Å². The predicted octanol–water partition coefficient (Wildman–Crippen LogP) is 2.87. The molecule has 0 amide bonds. The molecule has 0 fully saturated rings. The molecule has 1 atom stereocenters. The molecule has 1 aromatic rings. The van der Waals surface area contributed by atoms with E-state index in [2.05, 4.69) is 15.3 Å². The van der Waals surface area contributed by atoms with Gasteiger partial charge in [0, 0.05) is 18.0 Å². The highest BCUT2D eigenvalue weighted by Gasteiger charge is 2.35. The molecule has 1 rings (SSSR count). The molecule has 0 spiro atoms. The number of hydrogen-bond acceptors (Lipinski definition) is 3. The summed E-state index contributed by atoms with van der Waals surface area (Å²) in [5, 5.41) is 14.6. The van der Waals surface area contributed by atoms with E-state index in [1.807, 2.05) is 0 Å². The Morgan fingerprint density at radius 1 is 1.48 bits per heavy atom. The van der Waals surface area contributed by atoms with Crippen molar-refractivity contribution in [3.8, 4) is 0 Å². The number of alkyl halides is 3. The standard InChI is InChI=1S/C11H10F4N4O2/c12-8-2-1-6(5-7(8)11(13,14)15)9(10(20)21)17-3-4-18-19-16/h1-2,5,9,17H,3-4H2,(H,20,21). The van der Waals surface area contributed by atoms with Crippen molar-refractivity contribution in [1.82, 2.24) is 5.32 Å². The van der Waals surface area contributed by atoms with Crippen molar-refractivity contribution >= 4 is 5.97 Å². The van der Waals surface area contributed by atoms with Crippen LogP contribution in [0, 0.1) is 5.82 Å². The van der Waals surface area contributed by atoms with Gasteiger partial charge < -0.3 is 10.4 Å².